The summed E-state index contributed by atoms with van der Waals surface area (Å²) in [5.74, 6) is 5.70. The zero-order valence-electron chi connectivity index (χ0n) is 9.89. The smallest absolute Gasteiger partial charge is 0.128 e. The molecule has 0 spiro atoms. The van der Waals surface area contributed by atoms with Crippen LogP contribution in [-0.4, -0.2) is 6.54 Å². The van der Waals surface area contributed by atoms with Gasteiger partial charge in [-0.2, -0.15) is 0 Å². The van der Waals surface area contributed by atoms with Crippen LogP contribution in [0, 0.1) is 17.7 Å². The molecule has 1 nitrogen and oxygen atoms in total. The largest absolute Gasteiger partial charge is 0.309 e. The summed E-state index contributed by atoms with van der Waals surface area (Å²) >= 11 is 0. The molecule has 0 saturated heterocycles. The van der Waals surface area contributed by atoms with Crippen molar-refractivity contribution in [1.29, 1.82) is 0 Å². The van der Waals surface area contributed by atoms with E-state index in [0.29, 0.717) is 12.0 Å². The van der Waals surface area contributed by atoms with Crippen LogP contribution in [-0.2, 0) is 0 Å². The van der Waals surface area contributed by atoms with Gasteiger partial charge in [-0.05, 0) is 26.0 Å². The van der Waals surface area contributed by atoms with E-state index in [4.69, 9.17) is 0 Å². The monoisotopic (exact) mass is 219 g/mol. The average molecular weight is 219 g/mol. The van der Waals surface area contributed by atoms with Crippen LogP contribution in [0.15, 0.2) is 24.3 Å². The molecule has 1 unspecified atom stereocenters. The summed E-state index contributed by atoms with van der Waals surface area (Å²) in [7, 11) is 0. The van der Waals surface area contributed by atoms with E-state index in [1.54, 1.807) is 13.0 Å². The third-order valence-electron chi connectivity index (χ3n) is 2.40. The molecule has 1 rings (SSSR count). The van der Waals surface area contributed by atoms with Crippen molar-refractivity contribution in [2.45, 2.75) is 32.7 Å². The lowest BCUT2D eigenvalue weighted by atomic mass is 10.0. The molecule has 2 heteroatoms. The molecule has 0 aliphatic carbocycles. The second-order valence-corrected chi connectivity index (χ2v) is 3.66. The highest BCUT2D eigenvalue weighted by Crippen LogP contribution is 2.19. The number of hydrogen-bond donors (Lipinski definition) is 1. The second kappa shape index (κ2) is 7.03. The van der Waals surface area contributed by atoms with E-state index in [1.807, 2.05) is 12.1 Å². The number of halogens is 1. The molecular formula is C14H18FN. The molecule has 0 aliphatic heterocycles. The predicted octanol–water partition coefficient (Wildman–Crippen LogP) is 3.28. The second-order valence-electron chi connectivity index (χ2n) is 3.66. The first-order valence-electron chi connectivity index (χ1n) is 5.67. The SMILES string of the molecule is CC#CCC(NCCC)c1ccccc1F. The Morgan fingerprint density at radius 2 is 2.12 bits per heavy atom. The molecule has 0 amide bonds. The molecule has 16 heavy (non-hydrogen) atoms. The average Bonchev–Trinajstić information content (AvgIpc) is 2.31. The standard InChI is InChI=1S/C14H18FN/c1-3-5-10-14(16-11-4-2)12-8-6-7-9-13(12)15/h6-9,14,16H,4,10-11H2,1-2H3. The highest BCUT2D eigenvalue weighted by molar-refractivity contribution is 5.22. The maximum absolute atomic E-state index is 13.6. The van der Waals surface area contributed by atoms with Gasteiger partial charge in [0.05, 0.1) is 0 Å². The van der Waals surface area contributed by atoms with E-state index in [0.717, 1.165) is 13.0 Å². The Kier molecular flexibility index (Phi) is 5.60. The predicted molar refractivity (Wildman–Crippen MR) is 65.5 cm³/mol. The van der Waals surface area contributed by atoms with Gasteiger partial charge in [-0.15, -0.1) is 11.8 Å². The lowest BCUT2D eigenvalue weighted by Gasteiger charge is -2.17. The van der Waals surface area contributed by atoms with Crippen LogP contribution in [0.25, 0.3) is 0 Å². The molecule has 0 aliphatic rings. The number of hydrogen-bond acceptors (Lipinski definition) is 1. The quantitative estimate of drug-likeness (QED) is 0.749. The van der Waals surface area contributed by atoms with E-state index in [-0.39, 0.29) is 11.9 Å². The molecule has 1 N–H and O–H groups in total. The minimum atomic E-state index is -0.158. The lowest BCUT2D eigenvalue weighted by Crippen LogP contribution is -2.22. The first kappa shape index (κ1) is 12.7. The Bertz CT molecular complexity index is 376. The van der Waals surface area contributed by atoms with Gasteiger partial charge >= 0.3 is 0 Å². The summed E-state index contributed by atoms with van der Waals surface area (Å²) in [5, 5.41) is 3.32. The Labute approximate surface area is 97.1 Å². The van der Waals surface area contributed by atoms with Crippen molar-refractivity contribution in [1.82, 2.24) is 5.32 Å². The molecule has 0 aromatic heterocycles. The van der Waals surface area contributed by atoms with Crippen LogP contribution in [0.5, 0.6) is 0 Å². The van der Waals surface area contributed by atoms with Gasteiger partial charge in [0.1, 0.15) is 5.82 Å². The molecule has 1 atom stereocenters. The molecule has 1 aromatic rings. The fraction of sp³-hybridized carbons (Fsp3) is 0.429. The maximum Gasteiger partial charge on any atom is 0.128 e. The molecule has 86 valence electrons. The summed E-state index contributed by atoms with van der Waals surface area (Å²) in [4.78, 5) is 0. The lowest BCUT2D eigenvalue weighted by molar-refractivity contribution is 0.507. The van der Waals surface area contributed by atoms with Gasteiger partial charge in [0, 0.05) is 18.0 Å². The summed E-state index contributed by atoms with van der Waals surface area (Å²) < 4.78 is 13.6. The topological polar surface area (TPSA) is 12.0 Å². The highest BCUT2D eigenvalue weighted by Gasteiger charge is 2.12. The first-order chi connectivity index (χ1) is 7.79. The van der Waals surface area contributed by atoms with Gasteiger partial charge in [-0.1, -0.05) is 25.1 Å². The molecule has 0 heterocycles. The minimum absolute atomic E-state index is 0.00593. The van der Waals surface area contributed by atoms with Gasteiger partial charge in [-0.25, -0.2) is 4.39 Å². The zero-order valence-corrected chi connectivity index (χ0v) is 9.89. The van der Waals surface area contributed by atoms with Crippen molar-refractivity contribution in [3.63, 3.8) is 0 Å². The fourth-order valence-corrected chi connectivity index (χ4v) is 1.57. The van der Waals surface area contributed by atoms with Crippen LogP contribution < -0.4 is 5.32 Å². The number of nitrogens with one attached hydrogen (secondary N) is 1. The summed E-state index contributed by atoms with van der Waals surface area (Å²) in [5.41, 5.74) is 0.707. The van der Waals surface area contributed by atoms with Crippen LogP contribution in [0.4, 0.5) is 4.39 Å². The number of benzene rings is 1. The molecule has 0 bridgehead atoms. The number of rotatable bonds is 5. The van der Waals surface area contributed by atoms with Gasteiger partial charge in [-0.3, -0.25) is 0 Å². The van der Waals surface area contributed by atoms with Crippen molar-refractivity contribution in [2.75, 3.05) is 6.54 Å². The van der Waals surface area contributed by atoms with E-state index >= 15 is 0 Å². The van der Waals surface area contributed by atoms with E-state index in [2.05, 4.69) is 24.1 Å². The summed E-state index contributed by atoms with van der Waals surface area (Å²) in [6.07, 6.45) is 1.68. The minimum Gasteiger partial charge on any atom is -0.309 e. The van der Waals surface area contributed by atoms with Crippen LogP contribution in [0.2, 0.25) is 0 Å². The Hall–Kier alpha value is -1.33. The van der Waals surface area contributed by atoms with Crippen LogP contribution in [0.3, 0.4) is 0 Å². The Morgan fingerprint density at radius 1 is 1.38 bits per heavy atom. The van der Waals surface area contributed by atoms with Crippen molar-refractivity contribution in [3.05, 3.63) is 35.6 Å². The zero-order chi connectivity index (χ0) is 11.8. The highest BCUT2D eigenvalue weighted by atomic mass is 19.1. The van der Waals surface area contributed by atoms with Crippen LogP contribution >= 0.6 is 0 Å². The van der Waals surface area contributed by atoms with Gasteiger partial charge in [0.2, 0.25) is 0 Å². The Morgan fingerprint density at radius 3 is 2.75 bits per heavy atom. The third kappa shape index (κ3) is 3.67. The maximum atomic E-state index is 13.6. The van der Waals surface area contributed by atoms with Crippen molar-refractivity contribution >= 4 is 0 Å². The van der Waals surface area contributed by atoms with E-state index < -0.39 is 0 Å². The molecule has 0 radical (unpaired) electrons. The first-order valence-corrected chi connectivity index (χ1v) is 5.67. The normalized spacial score (nSPS) is 11.7. The van der Waals surface area contributed by atoms with Crippen molar-refractivity contribution in [2.24, 2.45) is 0 Å². The van der Waals surface area contributed by atoms with Gasteiger partial charge in [0.15, 0.2) is 0 Å². The molecule has 1 aromatic carbocycles. The van der Waals surface area contributed by atoms with Crippen molar-refractivity contribution < 1.29 is 4.39 Å². The fourth-order valence-electron chi connectivity index (χ4n) is 1.57. The molecule has 0 saturated carbocycles. The van der Waals surface area contributed by atoms with Crippen LogP contribution in [0.1, 0.15) is 38.3 Å². The van der Waals surface area contributed by atoms with Crippen molar-refractivity contribution in [3.8, 4) is 11.8 Å². The molecule has 0 fully saturated rings. The Balaban J connectivity index is 2.81. The van der Waals surface area contributed by atoms with Gasteiger partial charge in [0.25, 0.3) is 0 Å². The third-order valence-corrected chi connectivity index (χ3v) is 2.40. The summed E-state index contributed by atoms with van der Waals surface area (Å²) in [6.45, 7) is 4.78. The summed E-state index contributed by atoms with van der Waals surface area (Å²) in [6, 6.07) is 6.88. The molecular weight excluding hydrogens is 201 g/mol. The van der Waals surface area contributed by atoms with E-state index in [1.165, 1.54) is 6.07 Å². The van der Waals surface area contributed by atoms with Gasteiger partial charge < -0.3 is 5.32 Å². The van der Waals surface area contributed by atoms with E-state index in [9.17, 15) is 4.39 Å².